The van der Waals surface area contributed by atoms with Gasteiger partial charge in [-0.05, 0) is 6.92 Å². The molecule has 34 heavy (non-hydrogen) atoms. The highest BCUT2D eigenvalue weighted by molar-refractivity contribution is 4.97. The highest BCUT2D eigenvalue weighted by atomic mass is 16.7. The molecule has 15 heteroatoms. The highest BCUT2D eigenvalue weighted by Gasteiger charge is 2.53. The molecule has 3 saturated heterocycles. The van der Waals surface area contributed by atoms with Gasteiger partial charge in [-0.25, -0.2) is 0 Å². The summed E-state index contributed by atoms with van der Waals surface area (Å²) in [6, 6.07) is 0. The van der Waals surface area contributed by atoms with E-state index in [0.717, 1.165) is 0 Å². The summed E-state index contributed by atoms with van der Waals surface area (Å²) in [5, 5.41) is 99.7. The Morgan fingerprint density at radius 1 is 0.500 bits per heavy atom. The first-order valence-electron chi connectivity index (χ1n) is 10.9. The van der Waals surface area contributed by atoms with Crippen molar-refractivity contribution >= 4 is 0 Å². The largest absolute Gasteiger partial charge is 0.394 e. The third-order valence-electron chi connectivity index (χ3n) is 6.35. The Morgan fingerprint density at radius 2 is 0.882 bits per heavy atom. The van der Waals surface area contributed by atoms with Crippen LogP contribution in [0.1, 0.15) is 6.92 Å². The zero-order chi connectivity index (χ0) is 25.3. The first-order valence-corrected chi connectivity index (χ1v) is 10.9. The van der Waals surface area contributed by atoms with Crippen LogP contribution in [-0.2, 0) is 23.7 Å². The van der Waals surface area contributed by atoms with E-state index < -0.39 is 112 Å². The second-order valence-corrected chi connectivity index (χ2v) is 8.65. The molecular formula is C19H34O15. The van der Waals surface area contributed by atoms with E-state index in [1.807, 2.05) is 0 Å². The summed E-state index contributed by atoms with van der Waals surface area (Å²) in [4.78, 5) is 0. The van der Waals surface area contributed by atoms with Gasteiger partial charge in [-0.1, -0.05) is 0 Å². The lowest BCUT2D eigenvalue weighted by atomic mass is 9.94. The van der Waals surface area contributed by atoms with Crippen LogP contribution >= 0.6 is 0 Å². The van der Waals surface area contributed by atoms with Gasteiger partial charge in [-0.3, -0.25) is 0 Å². The van der Waals surface area contributed by atoms with Crippen LogP contribution in [0.5, 0.6) is 0 Å². The molecule has 0 bridgehead atoms. The molecule has 0 aromatic heterocycles. The molecule has 10 N–H and O–H groups in total. The van der Waals surface area contributed by atoms with Crippen LogP contribution in [0.4, 0.5) is 0 Å². The summed E-state index contributed by atoms with van der Waals surface area (Å²) in [7, 11) is 0. The summed E-state index contributed by atoms with van der Waals surface area (Å²) in [5.74, 6) is 0. The van der Waals surface area contributed by atoms with Crippen molar-refractivity contribution in [3.8, 4) is 0 Å². The van der Waals surface area contributed by atoms with Crippen LogP contribution in [0, 0.1) is 0 Å². The fraction of sp³-hybridized carbons (Fsp3) is 1.00. The van der Waals surface area contributed by atoms with Gasteiger partial charge >= 0.3 is 0 Å². The Morgan fingerprint density at radius 3 is 1.29 bits per heavy atom. The summed E-state index contributed by atoms with van der Waals surface area (Å²) in [6.07, 6.45) is -22.7. The molecule has 0 radical (unpaired) electrons. The van der Waals surface area contributed by atoms with Gasteiger partial charge in [-0.2, -0.15) is 0 Å². The number of aliphatic hydroxyl groups excluding tert-OH is 10. The van der Waals surface area contributed by atoms with Gasteiger partial charge in [0.05, 0.1) is 25.9 Å². The van der Waals surface area contributed by atoms with Crippen molar-refractivity contribution in [2.24, 2.45) is 0 Å². The zero-order valence-corrected chi connectivity index (χ0v) is 18.3. The second-order valence-electron chi connectivity index (χ2n) is 8.65. The summed E-state index contributed by atoms with van der Waals surface area (Å²) in [6.45, 7) is -0.581. The van der Waals surface area contributed by atoms with Crippen LogP contribution in [0.3, 0.4) is 0 Å². The first kappa shape index (κ1) is 28.0. The van der Waals surface area contributed by atoms with E-state index in [9.17, 15) is 51.1 Å². The highest BCUT2D eigenvalue weighted by Crippen LogP contribution is 2.33. The maximum absolute atomic E-state index is 10.7. The molecule has 3 fully saturated rings. The molecule has 0 saturated carbocycles. The van der Waals surface area contributed by atoms with Gasteiger partial charge in [0.25, 0.3) is 0 Å². The number of hydrogen-bond donors (Lipinski definition) is 10. The number of rotatable bonds is 7. The van der Waals surface area contributed by atoms with Crippen molar-refractivity contribution in [1.29, 1.82) is 0 Å². The van der Waals surface area contributed by atoms with Gasteiger partial charge in [0.2, 0.25) is 0 Å². The van der Waals surface area contributed by atoms with Crippen LogP contribution < -0.4 is 0 Å². The molecule has 0 aromatic carbocycles. The Bertz CT molecular complexity index is 637. The van der Waals surface area contributed by atoms with Crippen LogP contribution in [0.25, 0.3) is 0 Å². The van der Waals surface area contributed by atoms with Crippen molar-refractivity contribution in [3.05, 3.63) is 0 Å². The molecule has 3 rings (SSSR count). The van der Waals surface area contributed by atoms with Crippen LogP contribution in [0.2, 0.25) is 0 Å². The average Bonchev–Trinajstić information content (AvgIpc) is 2.83. The minimum atomic E-state index is -1.80. The number of hydrogen-bond acceptors (Lipinski definition) is 15. The fourth-order valence-corrected chi connectivity index (χ4v) is 4.27. The summed E-state index contributed by atoms with van der Waals surface area (Å²) < 4.78 is 27.6. The third-order valence-corrected chi connectivity index (χ3v) is 6.35. The van der Waals surface area contributed by atoms with Gasteiger partial charge in [0.1, 0.15) is 73.2 Å². The molecular weight excluding hydrogens is 468 g/mol. The van der Waals surface area contributed by atoms with E-state index in [-0.39, 0.29) is 0 Å². The van der Waals surface area contributed by atoms with Crippen molar-refractivity contribution < 1.29 is 74.7 Å². The van der Waals surface area contributed by atoms with Gasteiger partial charge < -0.3 is 74.7 Å². The molecule has 200 valence electrons. The molecule has 0 amide bonds. The fourth-order valence-electron chi connectivity index (χ4n) is 4.27. The Balaban J connectivity index is 1.83. The second kappa shape index (κ2) is 11.6. The van der Waals surface area contributed by atoms with E-state index in [4.69, 9.17) is 23.7 Å². The number of ether oxygens (including phenoxy) is 5. The number of aliphatic hydroxyl groups is 10. The van der Waals surface area contributed by atoms with Crippen LogP contribution in [-0.4, -0.2) is 163 Å². The Kier molecular flexibility index (Phi) is 9.57. The van der Waals surface area contributed by atoms with Gasteiger partial charge in [-0.15, -0.1) is 0 Å². The first-order chi connectivity index (χ1) is 16.0. The van der Waals surface area contributed by atoms with E-state index >= 15 is 0 Å². The van der Waals surface area contributed by atoms with Crippen molar-refractivity contribution in [1.82, 2.24) is 0 Å². The zero-order valence-electron chi connectivity index (χ0n) is 18.3. The molecule has 0 aromatic rings. The van der Waals surface area contributed by atoms with Gasteiger partial charge in [0, 0.05) is 0 Å². The lowest BCUT2D eigenvalue weighted by molar-refractivity contribution is -0.369. The topological polar surface area (TPSA) is 248 Å². The molecule has 0 spiro atoms. The Labute approximate surface area is 194 Å². The molecule has 15 nitrogen and oxygen atoms in total. The predicted octanol–water partition coefficient (Wildman–Crippen LogP) is -6.50. The smallest absolute Gasteiger partial charge is 0.187 e. The molecule has 3 aliphatic heterocycles. The summed E-state index contributed by atoms with van der Waals surface area (Å²) in [5.41, 5.74) is 0. The standard InChI is InChI=1S/C19H34O15/c1-5-16(33-18-14(28)12(26)9(23)6(2-20)31-18)17(11(25)8(4-22)30-5)34-19-15(29)13(27)10(24)7(3-21)32-19/h5-29H,2-4H2,1H3/t5?,6-,7-,8-,9-,10-,11-,12+,13+,14-,15-,16+,17+,18?,19?/m1/s1. The lowest BCUT2D eigenvalue weighted by Gasteiger charge is -2.48. The van der Waals surface area contributed by atoms with Crippen molar-refractivity contribution in [2.45, 2.75) is 98.9 Å². The minimum absolute atomic E-state index is 0.632. The monoisotopic (exact) mass is 502 g/mol. The molecule has 15 atom stereocenters. The maximum Gasteiger partial charge on any atom is 0.187 e. The van der Waals surface area contributed by atoms with Gasteiger partial charge in [0.15, 0.2) is 12.6 Å². The van der Waals surface area contributed by atoms with E-state index in [1.54, 1.807) is 0 Å². The maximum atomic E-state index is 10.7. The lowest BCUT2D eigenvalue weighted by Crippen LogP contribution is -2.66. The van der Waals surface area contributed by atoms with Crippen molar-refractivity contribution in [3.63, 3.8) is 0 Å². The SMILES string of the molecule is CC1O[C@H](CO)[C@@H](O)[C@H](OC2O[C@H](CO)[C@@H](O)[C@H](O)[C@H]2O)[C@H]1OC1O[C@H](CO)[C@@H](O)[C@H](O)[C@H]1O. The molecule has 3 aliphatic rings. The Hall–Kier alpha value is -0.600. The van der Waals surface area contributed by atoms with E-state index in [1.165, 1.54) is 6.92 Å². The average molecular weight is 502 g/mol. The van der Waals surface area contributed by atoms with Crippen LogP contribution in [0.15, 0.2) is 0 Å². The minimum Gasteiger partial charge on any atom is -0.394 e. The normalized spacial score (nSPS) is 52.5. The molecule has 3 unspecified atom stereocenters. The van der Waals surface area contributed by atoms with E-state index in [0.29, 0.717) is 0 Å². The quantitative estimate of drug-likeness (QED) is 0.155. The third kappa shape index (κ3) is 5.39. The predicted molar refractivity (Wildman–Crippen MR) is 105 cm³/mol. The molecule has 0 aliphatic carbocycles. The van der Waals surface area contributed by atoms with Crippen molar-refractivity contribution in [2.75, 3.05) is 19.8 Å². The molecule has 3 heterocycles. The summed E-state index contributed by atoms with van der Waals surface area (Å²) >= 11 is 0. The van der Waals surface area contributed by atoms with E-state index in [2.05, 4.69) is 0 Å².